The van der Waals surface area contributed by atoms with E-state index in [9.17, 15) is 13.2 Å². The van der Waals surface area contributed by atoms with Gasteiger partial charge in [0.25, 0.3) is 0 Å². The third kappa shape index (κ3) is 7.02. The standard InChI is InChI=1S/C29H33F3/c1-2-3-4-5-6-7-8-9-22-10-12-23(13-11-22)14-15-25-18-21-27(29(32)28(25)31)24-16-19-26(30)20-17-24/h8-13,18,21,24,26H,2-7,16-17,19-20H2,1H3/b9-8+. The molecule has 0 amide bonds. The molecule has 0 radical (unpaired) electrons. The van der Waals surface area contributed by atoms with Crippen LogP contribution < -0.4 is 0 Å². The highest BCUT2D eigenvalue weighted by atomic mass is 19.2. The van der Waals surface area contributed by atoms with E-state index in [0.717, 1.165) is 17.5 Å². The van der Waals surface area contributed by atoms with Gasteiger partial charge in [0.15, 0.2) is 11.6 Å². The molecular weight excluding hydrogens is 405 g/mol. The molecule has 0 nitrogen and oxygen atoms in total. The zero-order valence-corrected chi connectivity index (χ0v) is 19.0. The predicted molar refractivity (Wildman–Crippen MR) is 127 cm³/mol. The Balaban J connectivity index is 1.58. The number of unbranched alkanes of at least 4 members (excludes halogenated alkanes) is 5. The van der Waals surface area contributed by atoms with Crippen molar-refractivity contribution < 1.29 is 13.2 Å². The van der Waals surface area contributed by atoms with Gasteiger partial charge in [0.05, 0.1) is 5.56 Å². The van der Waals surface area contributed by atoms with Gasteiger partial charge >= 0.3 is 0 Å². The minimum atomic E-state index is -0.907. The molecule has 2 aromatic carbocycles. The van der Waals surface area contributed by atoms with Crippen molar-refractivity contribution in [1.82, 2.24) is 0 Å². The molecule has 0 saturated heterocycles. The first-order valence-corrected chi connectivity index (χ1v) is 12.0. The van der Waals surface area contributed by atoms with Crippen LogP contribution in [0, 0.1) is 23.5 Å². The lowest BCUT2D eigenvalue weighted by Crippen LogP contribution is -2.15. The van der Waals surface area contributed by atoms with Crippen molar-refractivity contribution in [3.05, 3.63) is 76.4 Å². The fourth-order valence-electron chi connectivity index (χ4n) is 4.24. The molecule has 2 aromatic rings. The van der Waals surface area contributed by atoms with Crippen LogP contribution in [0.15, 0.2) is 42.5 Å². The molecule has 1 fully saturated rings. The Labute approximate surface area is 190 Å². The summed E-state index contributed by atoms with van der Waals surface area (Å²) in [4.78, 5) is 0. The number of alkyl halides is 1. The molecule has 3 rings (SSSR count). The lowest BCUT2D eigenvalue weighted by atomic mass is 9.82. The van der Waals surface area contributed by atoms with Crippen molar-refractivity contribution in [2.45, 2.75) is 83.2 Å². The van der Waals surface area contributed by atoms with Gasteiger partial charge in [0.1, 0.15) is 6.17 Å². The maximum absolute atomic E-state index is 14.6. The Morgan fingerprint density at radius 3 is 2.28 bits per heavy atom. The van der Waals surface area contributed by atoms with Crippen LogP contribution in [0.2, 0.25) is 0 Å². The van der Waals surface area contributed by atoms with E-state index in [4.69, 9.17) is 0 Å². The van der Waals surface area contributed by atoms with E-state index in [1.165, 1.54) is 32.1 Å². The predicted octanol–water partition coefficient (Wildman–Crippen LogP) is 8.73. The minimum absolute atomic E-state index is 0.0532. The molecule has 1 saturated carbocycles. The molecule has 0 aliphatic heterocycles. The molecule has 0 heterocycles. The van der Waals surface area contributed by atoms with Crippen LogP contribution >= 0.6 is 0 Å². The third-order valence-electron chi connectivity index (χ3n) is 6.25. The molecule has 1 aliphatic rings. The highest BCUT2D eigenvalue weighted by Crippen LogP contribution is 2.36. The van der Waals surface area contributed by atoms with Gasteiger partial charge in [-0.3, -0.25) is 0 Å². The summed E-state index contributed by atoms with van der Waals surface area (Å²) in [5.41, 5.74) is 2.26. The summed E-state index contributed by atoms with van der Waals surface area (Å²) in [5.74, 6) is 3.83. The Morgan fingerprint density at radius 2 is 1.56 bits per heavy atom. The van der Waals surface area contributed by atoms with E-state index in [1.807, 2.05) is 24.3 Å². The van der Waals surface area contributed by atoms with Gasteiger partial charge in [-0.05, 0) is 73.8 Å². The number of allylic oxidation sites excluding steroid dienone is 1. The molecule has 0 atom stereocenters. The Bertz CT molecular complexity index is 939. The first-order valence-electron chi connectivity index (χ1n) is 12.0. The smallest absolute Gasteiger partial charge is 0.174 e. The molecule has 0 N–H and O–H groups in total. The van der Waals surface area contributed by atoms with Crippen LogP contribution in [-0.2, 0) is 0 Å². The van der Waals surface area contributed by atoms with Crippen LogP contribution in [-0.4, -0.2) is 6.17 Å². The van der Waals surface area contributed by atoms with Gasteiger partial charge in [-0.15, -0.1) is 0 Å². The normalized spacial score (nSPS) is 18.5. The van der Waals surface area contributed by atoms with Gasteiger partial charge in [0, 0.05) is 5.56 Å². The van der Waals surface area contributed by atoms with Gasteiger partial charge in [-0.1, -0.05) is 74.8 Å². The topological polar surface area (TPSA) is 0 Å². The van der Waals surface area contributed by atoms with Gasteiger partial charge in [-0.25, -0.2) is 13.2 Å². The van der Waals surface area contributed by atoms with Crippen LogP contribution in [0.4, 0.5) is 13.2 Å². The van der Waals surface area contributed by atoms with E-state index >= 15 is 0 Å². The molecule has 32 heavy (non-hydrogen) atoms. The Morgan fingerprint density at radius 1 is 0.844 bits per heavy atom. The molecule has 0 unspecified atom stereocenters. The molecule has 0 aromatic heterocycles. The summed E-state index contributed by atoms with van der Waals surface area (Å²) >= 11 is 0. The molecule has 170 valence electrons. The van der Waals surface area contributed by atoms with Gasteiger partial charge < -0.3 is 0 Å². The summed E-state index contributed by atoms with van der Waals surface area (Å²) in [6.07, 6.45) is 12.9. The highest BCUT2D eigenvalue weighted by Gasteiger charge is 2.25. The van der Waals surface area contributed by atoms with E-state index in [2.05, 4.69) is 30.9 Å². The van der Waals surface area contributed by atoms with Crippen molar-refractivity contribution in [1.29, 1.82) is 0 Å². The second-order valence-corrected chi connectivity index (χ2v) is 8.76. The number of benzene rings is 2. The molecule has 3 heteroatoms. The van der Waals surface area contributed by atoms with Crippen molar-refractivity contribution in [3.63, 3.8) is 0 Å². The highest BCUT2D eigenvalue weighted by molar-refractivity contribution is 5.52. The summed E-state index contributed by atoms with van der Waals surface area (Å²) in [5, 5.41) is 0. The van der Waals surface area contributed by atoms with Crippen LogP contribution in [0.1, 0.15) is 99.3 Å². The van der Waals surface area contributed by atoms with E-state index in [1.54, 1.807) is 12.1 Å². The summed E-state index contributed by atoms with van der Waals surface area (Å²) in [6.45, 7) is 2.22. The van der Waals surface area contributed by atoms with Crippen LogP contribution in [0.25, 0.3) is 6.08 Å². The SMILES string of the molecule is CCCCCCC/C=C/c1ccc(C#Cc2ccc(C3CCC(F)CC3)c(F)c2F)cc1. The maximum Gasteiger partial charge on any atom is 0.174 e. The zero-order chi connectivity index (χ0) is 22.8. The largest absolute Gasteiger partial charge is 0.247 e. The van der Waals surface area contributed by atoms with Crippen molar-refractivity contribution in [2.75, 3.05) is 0 Å². The number of hydrogen-bond acceptors (Lipinski definition) is 0. The average Bonchev–Trinajstić information content (AvgIpc) is 2.81. The lowest BCUT2D eigenvalue weighted by molar-refractivity contribution is 0.233. The van der Waals surface area contributed by atoms with Crippen molar-refractivity contribution in [2.24, 2.45) is 0 Å². The number of rotatable bonds is 8. The van der Waals surface area contributed by atoms with Crippen LogP contribution in [0.5, 0.6) is 0 Å². The second kappa shape index (κ2) is 12.5. The first kappa shape index (κ1) is 24.2. The van der Waals surface area contributed by atoms with Gasteiger partial charge in [-0.2, -0.15) is 0 Å². The molecular formula is C29H33F3. The maximum atomic E-state index is 14.6. The number of halogens is 3. The molecule has 1 aliphatic carbocycles. The average molecular weight is 439 g/mol. The summed E-state index contributed by atoms with van der Waals surface area (Å²) in [6, 6.07) is 10.9. The Hall–Kier alpha value is -2.47. The van der Waals surface area contributed by atoms with Crippen molar-refractivity contribution >= 4 is 6.08 Å². The van der Waals surface area contributed by atoms with E-state index in [0.29, 0.717) is 31.2 Å². The third-order valence-corrected chi connectivity index (χ3v) is 6.25. The van der Waals surface area contributed by atoms with E-state index in [-0.39, 0.29) is 11.5 Å². The monoisotopic (exact) mass is 438 g/mol. The van der Waals surface area contributed by atoms with Crippen LogP contribution in [0.3, 0.4) is 0 Å². The minimum Gasteiger partial charge on any atom is -0.247 e. The van der Waals surface area contributed by atoms with Gasteiger partial charge in [0.2, 0.25) is 0 Å². The fraction of sp³-hybridized carbons (Fsp3) is 0.448. The quantitative estimate of drug-likeness (QED) is 0.285. The van der Waals surface area contributed by atoms with Crippen molar-refractivity contribution in [3.8, 4) is 11.8 Å². The zero-order valence-electron chi connectivity index (χ0n) is 19.0. The molecule has 0 bridgehead atoms. The second-order valence-electron chi connectivity index (χ2n) is 8.76. The molecule has 0 spiro atoms. The Kier molecular flexibility index (Phi) is 9.47. The summed E-state index contributed by atoms with van der Waals surface area (Å²) < 4.78 is 42.5. The lowest BCUT2D eigenvalue weighted by Gasteiger charge is -2.25. The number of hydrogen-bond donors (Lipinski definition) is 0. The first-order chi connectivity index (χ1) is 15.6. The fourth-order valence-corrected chi connectivity index (χ4v) is 4.24. The summed E-state index contributed by atoms with van der Waals surface area (Å²) in [7, 11) is 0. The van der Waals surface area contributed by atoms with E-state index < -0.39 is 17.8 Å².